The minimum absolute atomic E-state index is 0.0841. The zero-order valence-electron chi connectivity index (χ0n) is 56.7. The second-order valence-corrected chi connectivity index (χ2v) is 28.3. The van der Waals surface area contributed by atoms with Crippen molar-refractivity contribution in [3.8, 4) is 0 Å². The first kappa shape index (κ1) is 85.5. The fraction of sp³-hybridized carbons (Fsp3) is 0.884. The Kier molecular flexibility index (Phi) is 57.9. The first-order chi connectivity index (χ1) is 42.3. The molecule has 3 N–H and O–H groups in total. The maximum absolute atomic E-state index is 13.0. The molecule has 6 atom stereocenters. The summed E-state index contributed by atoms with van der Waals surface area (Å²) in [7, 11) is -9.91. The van der Waals surface area contributed by atoms with E-state index >= 15 is 0 Å². The fourth-order valence-corrected chi connectivity index (χ4v) is 11.4. The lowest BCUT2D eigenvalue weighted by molar-refractivity contribution is -0.161. The molecule has 17 nitrogen and oxygen atoms in total. The summed E-state index contributed by atoms with van der Waals surface area (Å²) in [5.74, 6) is 0.0138. The number of carbonyl (C=O) groups excluding carboxylic acids is 4. The van der Waals surface area contributed by atoms with Gasteiger partial charge in [-0.15, -0.1) is 0 Å². The normalized spacial score (nSPS) is 14.7. The predicted octanol–water partition coefficient (Wildman–Crippen LogP) is 19.0. The van der Waals surface area contributed by atoms with Crippen molar-refractivity contribution >= 4 is 39.5 Å². The first-order valence-electron chi connectivity index (χ1n) is 35.2. The molecule has 0 rings (SSSR count). The molecule has 0 bridgehead atoms. The largest absolute Gasteiger partial charge is 0.472 e. The summed E-state index contributed by atoms with van der Waals surface area (Å²) in [6, 6.07) is 0. The molecule has 518 valence electrons. The van der Waals surface area contributed by atoms with Crippen LogP contribution in [0.2, 0.25) is 0 Å². The van der Waals surface area contributed by atoms with Gasteiger partial charge in [0.25, 0.3) is 0 Å². The van der Waals surface area contributed by atoms with Crippen LogP contribution in [0.5, 0.6) is 0 Å². The van der Waals surface area contributed by atoms with E-state index in [1.807, 2.05) is 0 Å². The number of hydrogen-bond acceptors (Lipinski definition) is 15. The van der Waals surface area contributed by atoms with Crippen LogP contribution < -0.4 is 0 Å². The number of rotatable bonds is 65. The van der Waals surface area contributed by atoms with Crippen molar-refractivity contribution in [1.82, 2.24) is 0 Å². The Balaban J connectivity index is 5.28. The van der Waals surface area contributed by atoms with Crippen molar-refractivity contribution in [2.75, 3.05) is 39.6 Å². The summed E-state index contributed by atoms with van der Waals surface area (Å²) >= 11 is 0. The van der Waals surface area contributed by atoms with Gasteiger partial charge in [0.15, 0.2) is 12.2 Å². The summed E-state index contributed by atoms with van der Waals surface area (Å²) in [5, 5.41) is 10.6. The molecular formula is C69H130O17P2. The van der Waals surface area contributed by atoms with Gasteiger partial charge in [-0.25, -0.2) is 9.13 Å². The number of phosphoric acid groups is 2. The third-order valence-electron chi connectivity index (χ3n) is 15.6. The zero-order valence-corrected chi connectivity index (χ0v) is 58.5. The van der Waals surface area contributed by atoms with E-state index in [0.717, 1.165) is 115 Å². The average molecular weight is 1290 g/mol. The van der Waals surface area contributed by atoms with Gasteiger partial charge in [-0.3, -0.25) is 37.3 Å². The Morgan fingerprint density at radius 3 is 1.01 bits per heavy atom. The fourth-order valence-electron chi connectivity index (χ4n) is 9.79. The maximum Gasteiger partial charge on any atom is 0.472 e. The van der Waals surface area contributed by atoms with Gasteiger partial charge in [-0.05, 0) is 69.1 Å². The third-order valence-corrected chi connectivity index (χ3v) is 17.5. The topological polar surface area (TPSA) is 237 Å². The molecule has 0 aliphatic carbocycles. The van der Waals surface area contributed by atoms with E-state index in [-0.39, 0.29) is 25.7 Å². The Morgan fingerprint density at radius 1 is 0.375 bits per heavy atom. The molecule has 4 unspecified atom stereocenters. The van der Waals surface area contributed by atoms with E-state index in [1.54, 1.807) is 0 Å². The van der Waals surface area contributed by atoms with Crippen LogP contribution in [0.15, 0.2) is 24.3 Å². The summed E-state index contributed by atoms with van der Waals surface area (Å²) < 4.78 is 68.1. The Morgan fingerprint density at radius 2 is 0.670 bits per heavy atom. The number of allylic oxidation sites excluding steroid dienone is 4. The molecule has 0 fully saturated rings. The highest BCUT2D eigenvalue weighted by atomic mass is 31.2. The van der Waals surface area contributed by atoms with Crippen LogP contribution in [0, 0.1) is 17.8 Å². The molecule has 0 aromatic heterocycles. The smallest absolute Gasteiger partial charge is 0.462 e. The van der Waals surface area contributed by atoms with E-state index in [0.29, 0.717) is 37.5 Å². The lowest BCUT2D eigenvalue weighted by Crippen LogP contribution is -2.30. The van der Waals surface area contributed by atoms with Gasteiger partial charge in [0, 0.05) is 25.7 Å². The number of unbranched alkanes of at least 4 members (excludes halogenated alkanes) is 29. The first-order valence-corrected chi connectivity index (χ1v) is 38.2. The van der Waals surface area contributed by atoms with E-state index in [4.69, 9.17) is 37.0 Å². The lowest BCUT2D eigenvalue weighted by atomic mass is 9.99. The van der Waals surface area contributed by atoms with Crippen LogP contribution in [0.25, 0.3) is 0 Å². The van der Waals surface area contributed by atoms with E-state index in [2.05, 4.69) is 72.8 Å². The van der Waals surface area contributed by atoms with Gasteiger partial charge in [-0.2, -0.15) is 0 Å². The molecule has 0 aromatic rings. The number of esters is 4. The van der Waals surface area contributed by atoms with Crippen LogP contribution in [0.3, 0.4) is 0 Å². The standard InChI is InChI=1S/C69H130O17P2/c1-8-10-11-12-13-14-15-16-17-18-19-24-29-38-45-52-68(73)85-64(56-79-66(71)50-43-36-28-23-21-20-22-27-35-42-49-62(7)9-2)58-83-87(75,76)81-54-63(70)55-82-88(77,78)84-59-65(86-69(74)53-46-39-32-31-34-41-48-61(5)6)57-80-67(72)51-44-37-30-25-26-33-40-47-60(3)4/h14-17,60-65,70H,8-13,18-59H2,1-7H3,(H,75,76)(H,77,78)/b15-14-,17-16-/t62?,63?,64-,65-/m1/s1. The molecule has 0 radical (unpaired) electrons. The molecule has 0 aliphatic rings. The van der Waals surface area contributed by atoms with Crippen molar-refractivity contribution in [3.05, 3.63) is 24.3 Å². The molecule has 0 heterocycles. The number of phosphoric ester groups is 2. The lowest BCUT2D eigenvalue weighted by Gasteiger charge is -2.21. The Labute approximate surface area is 535 Å². The second kappa shape index (κ2) is 59.5. The number of aliphatic hydroxyl groups is 1. The van der Waals surface area contributed by atoms with Crippen LogP contribution in [-0.2, 0) is 65.4 Å². The second-order valence-electron chi connectivity index (χ2n) is 25.4. The highest BCUT2D eigenvalue weighted by Gasteiger charge is 2.30. The highest BCUT2D eigenvalue weighted by Crippen LogP contribution is 2.45. The summed E-state index contributed by atoms with van der Waals surface area (Å²) in [6.07, 6.45) is 45.5. The van der Waals surface area contributed by atoms with Crippen molar-refractivity contribution in [3.63, 3.8) is 0 Å². The monoisotopic (exact) mass is 1290 g/mol. The van der Waals surface area contributed by atoms with Gasteiger partial charge >= 0.3 is 39.5 Å². The Hall–Kier alpha value is -2.46. The molecule has 0 spiro atoms. The molecule has 0 saturated carbocycles. The molecule has 88 heavy (non-hydrogen) atoms. The summed E-state index contributed by atoms with van der Waals surface area (Å²) in [6.45, 7) is 11.6. The van der Waals surface area contributed by atoms with Crippen LogP contribution >= 0.6 is 15.6 Å². The van der Waals surface area contributed by atoms with Gasteiger partial charge < -0.3 is 33.8 Å². The Bertz CT molecular complexity index is 1830. The molecule has 0 saturated heterocycles. The van der Waals surface area contributed by atoms with Gasteiger partial charge in [0.2, 0.25) is 0 Å². The number of aliphatic hydroxyl groups excluding tert-OH is 1. The van der Waals surface area contributed by atoms with E-state index in [1.165, 1.54) is 109 Å². The number of carbonyl (C=O) groups is 4. The maximum atomic E-state index is 13.0. The van der Waals surface area contributed by atoms with Gasteiger partial charge in [0.05, 0.1) is 26.4 Å². The minimum atomic E-state index is -4.96. The molecule has 0 amide bonds. The number of ether oxygens (including phenoxy) is 4. The quantitative estimate of drug-likeness (QED) is 0.0169. The minimum Gasteiger partial charge on any atom is -0.462 e. The molecule has 19 heteroatoms. The average Bonchev–Trinajstić information content (AvgIpc) is 3.64. The van der Waals surface area contributed by atoms with Crippen molar-refractivity contribution in [1.29, 1.82) is 0 Å². The SMILES string of the molecule is CCCCCC/C=C\C=C/CCCCCCCC(=O)O[C@H](COC(=O)CCCCCCCCCCCCC(C)CC)COP(=O)(O)OCC(O)COP(=O)(O)OC[C@@H](COC(=O)CCCCCCCCCC(C)C)OC(=O)CCCCCCCCC(C)C. The van der Waals surface area contributed by atoms with Crippen LogP contribution in [-0.4, -0.2) is 96.7 Å². The van der Waals surface area contributed by atoms with Crippen LogP contribution in [0.1, 0.15) is 318 Å². The zero-order chi connectivity index (χ0) is 65.2. The van der Waals surface area contributed by atoms with Crippen LogP contribution in [0.4, 0.5) is 0 Å². The van der Waals surface area contributed by atoms with Gasteiger partial charge in [0.1, 0.15) is 19.3 Å². The molecule has 0 aliphatic heterocycles. The van der Waals surface area contributed by atoms with Gasteiger partial charge in [-0.1, -0.05) is 265 Å². The van der Waals surface area contributed by atoms with Crippen molar-refractivity contribution < 1.29 is 80.2 Å². The molecular weight excluding hydrogens is 1160 g/mol. The van der Waals surface area contributed by atoms with Crippen molar-refractivity contribution in [2.45, 2.75) is 336 Å². The summed E-state index contributed by atoms with van der Waals surface area (Å²) in [5.41, 5.74) is 0. The predicted molar refractivity (Wildman–Crippen MR) is 354 cm³/mol. The summed E-state index contributed by atoms with van der Waals surface area (Å²) in [4.78, 5) is 72.4. The van der Waals surface area contributed by atoms with E-state index < -0.39 is 97.5 Å². The van der Waals surface area contributed by atoms with E-state index in [9.17, 15) is 43.2 Å². The third kappa shape index (κ3) is 61.1. The van der Waals surface area contributed by atoms with Crippen molar-refractivity contribution in [2.24, 2.45) is 17.8 Å². The number of hydrogen-bond donors (Lipinski definition) is 3. The molecule has 0 aromatic carbocycles. The highest BCUT2D eigenvalue weighted by molar-refractivity contribution is 7.47.